The summed E-state index contributed by atoms with van der Waals surface area (Å²) >= 11 is 0. The molecule has 0 radical (unpaired) electrons. The van der Waals surface area contributed by atoms with Crippen LogP contribution >= 0.6 is 0 Å². The molecule has 1 aromatic heterocycles. The van der Waals surface area contributed by atoms with Crippen molar-refractivity contribution in [2.45, 2.75) is 57.3 Å². The molecule has 1 aliphatic rings. The highest BCUT2D eigenvalue weighted by atomic mass is 16.1. The van der Waals surface area contributed by atoms with Crippen molar-refractivity contribution >= 4 is 16.7 Å². The molecule has 0 unspecified atom stereocenters. The van der Waals surface area contributed by atoms with Crippen LogP contribution in [0.3, 0.4) is 0 Å². The third-order valence-electron chi connectivity index (χ3n) is 6.48. The van der Waals surface area contributed by atoms with E-state index < -0.39 is 0 Å². The van der Waals surface area contributed by atoms with Crippen molar-refractivity contribution in [3.8, 4) is 0 Å². The summed E-state index contributed by atoms with van der Waals surface area (Å²) in [7, 11) is 0. The monoisotopic (exact) mass is 371 g/mol. The normalized spacial score (nSPS) is 20.2. The van der Waals surface area contributed by atoms with Crippen molar-refractivity contribution < 1.29 is 4.79 Å². The van der Waals surface area contributed by atoms with E-state index in [0.717, 1.165) is 31.2 Å². The molecule has 3 aromatic rings. The van der Waals surface area contributed by atoms with Gasteiger partial charge in [-0.2, -0.15) is 0 Å². The van der Waals surface area contributed by atoms with Crippen LogP contribution in [0, 0.1) is 5.92 Å². The quantitative estimate of drug-likeness (QED) is 0.516. The lowest BCUT2D eigenvalue weighted by Crippen LogP contribution is -2.28. The summed E-state index contributed by atoms with van der Waals surface area (Å²) in [5.74, 6) is 1.19. The molecule has 0 saturated heterocycles. The number of hydrogen-bond acceptors (Lipinski definition) is 2. The fraction of sp³-hybridized carbons (Fsp3) is 0.385. The van der Waals surface area contributed by atoms with E-state index in [9.17, 15) is 4.79 Å². The lowest BCUT2D eigenvalue weighted by Gasteiger charge is -2.31. The molecule has 1 fully saturated rings. The molecule has 0 amide bonds. The van der Waals surface area contributed by atoms with Crippen LogP contribution in [0.2, 0.25) is 0 Å². The number of aromatic nitrogens is 1. The minimum Gasteiger partial charge on any atom is -0.299 e. The van der Waals surface area contributed by atoms with E-state index in [4.69, 9.17) is 0 Å². The van der Waals surface area contributed by atoms with Crippen LogP contribution in [0.1, 0.15) is 63.0 Å². The first-order chi connectivity index (χ1) is 13.5. The molecule has 28 heavy (non-hydrogen) atoms. The van der Waals surface area contributed by atoms with Crippen molar-refractivity contribution in [3.05, 3.63) is 78.0 Å². The van der Waals surface area contributed by atoms with Crippen LogP contribution in [0.15, 0.2) is 66.9 Å². The number of ketones is 1. The summed E-state index contributed by atoms with van der Waals surface area (Å²) in [5.41, 5.74) is 3.63. The highest BCUT2D eigenvalue weighted by Crippen LogP contribution is 2.40. The Bertz CT molecular complexity index is 947. The number of fused-ring (bicyclic) bond motifs is 1. The van der Waals surface area contributed by atoms with Gasteiger partial charge < -0.3 is 0 Å². The molecule has 1 saturated carbocycles. The Morgan fingerprint density at radius 1 is 0.929 bits per heavy atom. The van der Waals surface area contributed by atoms with E-state index in [1.54, 1.807) is 0 Å². The minimum absolute atomic E-state index is 0.101. The number of rotatable bonds is 5. The molecule has 0 aliphatic heterocycles. The van der Waals surface area contributed by atoms with Crippen LogP contribution < -0.4 is 0 Å². The topological polar surface area (TPSA) is 30.0 Å². The zero-order chi connectivity index (χ0) is 19.6. The van der Waals surface area contributed by atoms with Crippen LogP contribution in [0.25, 0.3) is 10.9 Å². The highest BCUT2D eigenvalue weighted by Gasteiger charge is 2.32. The molecule has 1 aliphatic carbocycles. The molecular formula is C26H29NO. The number of carbonyl (C=O) groups excluding carboxylic acids is 1. The molecule has 2 heteroatoms. The predicted molar refractivity (Wildman–Crippen MR) is 116 cm³/mol. The van der Waals surface area contributed by atoms with Gasteiger partial charge in [-0.3, -0.25) is 9.78 Å². The molecule has 144 valence electrons. The predicted octanol–water partition coefficient (Wildman–Crippen LogP) is 6.45. The number of pyridine rings is 1. The Labute approximate surface area is 168 Å². The van der Waals surface area contributed by atoms with E-state index in [1.165, 1.54) is 16.5 Å². The lowest BCUT2D eigenvalue weighted by atomic mass is 9.72. The number of para-hydroxylation sites is 1. The second-order valence-electron chi connectivity index (χ2n) is 8.86. The number of nitrogens with zero attached hydrogens (tertiary/aromatic N) is 1. The molecule has 2 nitrogen and oxygen atoms in total. The number of Topliss-reactive ketones (excluding diaryl/α,β-unsaturated/α-hetero) is 1. The van der Waals surface area contributed by atoms with E-state index in [1.807, 2.05) is 18.3 Å². The Kier molecular flexibility index (Phi) is 5.30. The highest BCUT2D eigenvalue weighted by molar-refractivity contribution is 5.83. The van der Waals surface area contributed by atoms with Crippen LogP contribution in [-0.4, -0.2) is 10.8 Å². The van der Waals surface area contributed by atoms with Crippen LogP contribution in [0.4, 0.5) is 0 Å². The molecule has 0 bridgehead atoms. The summed E-state index contributed by atoms with van der Waals surface area (Å²) in [5, 5.41) is 1.27. The van der Waals surface area contributed by atoms with E-state index in [-0.39, 0.29) is 11.3 Å². The van der Waals surface area contributed by atoms with Gasteiger partial charge in [0.2, 0.25) is 0 Å². The summed E-state index contributed by atoms with van der Waals surface area (Å²) < 4.78 is 0. The molecule has 2 aromatic carbocycles. The van der Waals surface area contributed by atoms with Gasteiger partial charge in [-0.1, -0.05) is 62.4 Å². The van der Waals surface area contributed by atoms with Gasteiger partial charge in [-0.25, -0.2) is 0 Å². The van der Waals surface area contributed by atoms with E-state index >= 15 is 0 Å². The van der Waals surface area contributed by atoms with Gasteiger partial charge in [-0.05, 0) is 60.3 Å². The summed E-state index contributed by atoms with van der Waals surface area (Å²) in [6, 6.07) is 21.0. The van der Waals surface area contributed by atoms with Gasteiger partial charge in [0.15, 0.2) is 0 Å². The minimum atomic E-state index is -0.101. The third-order valence-corrected chi connectivity index (χ3v) is 6.48. The Morgan fingerprint density at radius 2 is 1.61 bits per heavy atom. The molecule has 0 N–H and O–H groups in total. The Balaban J connectivity index is 1.42. The lowest BCUT2D eigenvalue weighted by molar-refractivity contribution is -0.124. The van der Waals surface area contributed by atoms with Crippen molar-refractivity contribution in [2.75, 3.05) is 0 Å². The van der Waals surface area contributed by atoms with Gasteiger partial charge >= 0.3 is 0 Å². The molecule has 4 rings (SSSR count). The molecule has 0 atom stereocenters. The fourth-order valence-corrected chi connectivity index (χ4v) is 4.77. The summed E-state index contributed by atoms with van der Waals surface area (Å²) in [6.07, 6.45) is 6.75. The Hall–Kier alpha value is -2.48. The smallest absolute Gasteiger partial charge is 0.136 e. The summed E-state index contributed by atoms with van der Waals surface area (Å²) in [4.78, 5) is 17.5. The average molecular weight is 372 g/mol. The standard InChI is InChI=1S/C26H29NO/c1-26(2,21-8-4-3-5-9-21)18-25(28)20-14-12-19(13-15-20)22-16-17-27-24-11-7-6-10-23(22)24/h3-11,16-17,19-20H,12-15,18H2,1-2H3. The second-order valence-corrected chi connectivity index (χ2v) is 8.86. The van der Waals surface area contributed by atoms with Gasteiger partial charge in [0.1, 0.15) is 5.78 Å². The Morgan fingerprint density at radius 3 is 2.36 bits per heavy atom. The van der Waals surface area contributed by atoms with E-state index in [0.29, 0.717) is 18.1 Å². The maximum atomic E-state index is 13.0. The van der Waals surface area contributed by atoms with Gasteiger partial charge in [0, 0.05) is 23.9 Å². The third kappa shape index (κ3) is 3.87. The fourth-order valence-electron chi connectivity index (χ4n) is 4.77. The van der Waals surface area contributed by atoms with Gasteiger partial charge in [0.05, 0.1) is 5.52 Å². The number of benzene rings is 2. The number of carbonyl (C=O) groups is 1. The SMILES string of the molecule is CC(C)(CC(=O)C1CCC(c2ccnc3ccccc23)CC1)c1ccccc1. The largest absolute Gasteiger partial charge is 0.299 e. The summed E-state index contributed by atoms with van der Waals surface area (Å²) in [6.45, 7) is 4.38. The maximum Gasteiger partial charge on any atom is 0.136 e. The second kappa shape index (κ2) is 7.87. The van der Waals surface area contributed by atoms with Crippen molar-refractivity contribution in [1.29, 1.82) is 0 Å². The van der Waals surface area contributed by atoms with Crippen molar-refractivity contribution in [1.82, 2.24) is 4.98 Å². The maximum absolute atomic E-state index is 13.0. The first kappa shape index (κ1) is 18.9. The van der Waals surface area contributed by atoms with Gasteiger partial charge in [0.25, 0.3) is 0 Å². The zero-order valence-corrected chi connectivity index (χ0v) is 16.9. The van der Waals surface area contributed by atoms with E-state index in [2.05, 4.69) is 67.4 Å². The van der Waals surface area contributed by atoms with Gasteiger partial charge in [-0.15, -0.1) is 0 Å². The first-order valence-corrected chi connectivity index (χ1v) is 10.5. The number of hydrogen-bond donors (Lipinski definition) is 0. The molecular weight excluding hydrogens is 342 g/mol. The molecule has 0 spiro atoms. The average Bonchev–Trinajstić information content (AvgIpc) is 2.74. The van der Waals surface area contributed by atoms with Crippen LogP contribution in [-0.2, 0) is 10.2 Å². The van der Waals surface area contributed by atoms with Crippen LogP contribution in [0.5, 0.6) is 0 Å². The van der Waals surface area contributed by atoms with Crippen molar-refractivity contribution in [2.24, 2.45) is 5.92 Å². The van der Waals surface area contributed by atoms with Crippen molar-refractivity contribution in [3.63, 3.8) is 0 Å². The zero-order valence-electron chi connectivity index (χ0n) is 16.9. The molecule has 1 heterocycles. The first-order valence-electron chi connectivity index (χ1n) is 10.5.